The number of nitrogens with one attached hydrogen (secondary N) is 1. The van der Waals surface area contributed by atoms with Gasteiger partial charge in [-0.15, -0.1) is 0 Å². The third kappa shape index (κ3) is 5.14. The average molecular weight is 429 g/mol. The lowest BCUT2D eigenvalue weighted by Gasteiger charge is -2.21. The maximum atomic E-state index is 12.8. The molecule has 0 saturated carbocycles. The van der Waals surface area contributed by atoms with Crippen molar-refractivity contribution in [1.29, 1.82) is 0 Å². The first-order valence-electron chi connectivity index (χ1n) is 10.5. The molecule has 6 nitrogen and oxygen atoms in total. The molecule has 1 N–H and O–H groups in total. The Kier molecular flexibility index (Phi) is 6.89. The van der Waals surface area contributed by atoms with E-state index in [1.54, 1.807) is 0 Å². The van der Waals surface area contributed by atoms with Crippen LogP contribution < -0.4 is 19.5 Å². The minimum Gasteiger partial charge on any atom is -0.494 e. The number of hydrogen-bond acceptors (Lipinski definition) is 5. The number of carbonyl (C=O) groups excluding carboxylic acids is 1. The van der Waals surface area contributed by atoms with Crippen molar-refractivity contribution in [2.45, 2.75) is 31.4 Å². The van der Waals surface area contributed by atoms with Gasteiger partial charge in [0.1, 0.15) is 5.75 Å². The van der Waals surface area contributed by atoms with Crippen molar-refractivity contribution in [1.82, 2.24) is 4.90 Å². The van der Waals surface area contributed by atoms with E-state index in [0.29, 0.717) is 5.25 Å². The molecule has 0 aromatic heterocycles. The Labute approximate surface area is 181 Å². The number of urea groups is 1. The van der Waals surface area contributed by atoms with Gasteiger partial charge in [0, 0.05) is 29.8 Å². The molecule has 4 rings (SSSR count). The summed E-state index contributed by atoms with van der Waals surface area (Å²) in [5, 5.41) is 3.35. The minimum atomic E-state index is -0.0541. The third-order valence-corrected chi connectivity index (χ3v) is 6.60. The summed E-state index contributed by atoms with van der Waals surface area (Å²) in [6, 6.07) is 13.7. The van der Waals surface area contributed by atoms with Crippen molar-refractivity contribution in [3.05, 3.63) is 48.0 Å². The van der Waals surface area contributed by atoms with E-state index >= 15 is 0 Å². The Bertz CT molecular complexity index is 859. The van der Waals surface area contributed by atoms with Crippen LogP contribution in [-0.4, -0.2) is 43.2 Å². The fourth-order valence-corrected chi connectivity index (χ4v) is 4.75. The Morgan fingerprint density at radius 3 is 2.83 bits per heavy atom. The standard InChI is InChI=1S/C23H28N2O4S/c1-2-3-13-27-19-7-5-18(6-8-19)24-23(26)25-11-10-22(30-14-12-25)17-4-9-20-21(15-17)29-16-28-20/h4-9,15,22H,2-3,10-14,16H2,1H3,(H,24,26). The van der Waals surface area contributed by atoms with Gasteiger partial charge >= 0.3 is 6.03 Å². The van der Waals surface area contributed by atoms with E-state index in [0.717, 1.165) is 67.6 Å². The molecule has 0 radical (unpaired) electrons. The summed E-state index contributed by atoms with van der Waals surface area (Å²) in [6.07, 6.45) is 3.05. The lowest BCUT2D eigenvalue weighted by molar-refractivity contribution is 0.174. The van der Waals surface area contributed by atoms with Gasteiger partial charge in [-0.2, -0.15) is 11.8 Å². The van der Waals surface area contributed by atoms with Crippen LogP contribution in [-0.2, 0) is 0 Å². The van der Waals surface area contributed by atoms with Crippen molar-refractivity contribution in [2.24, 2.45) is 0 Å². The van der Waals surface area contributed by atoms with E-state index in [4.69, 9.17) is 14.2 Å². The number of rotatable bonds is 6. The Morgan fingerprint density at radius 2 is 2.00 bits per heavy atom. The summed E-state index contributed by atoms with van der Waals surface area (Å²) < 4.78 is 16.6. The van der Waals surface area contributed by atoms with Crippen LogP contribution in [0.15, 0.2) is 42.5 Å². The van der Waals surface area contributed by atoms with E-state index in [1.807, 2.05) is 47.0 Å². The zero-order valence-electron chi connectivity index (χ0n) is 17.3. The van der Waals surface area contributed by atoms with Crippen LogP contribution in [0.3, 0.4) is 0 Å². The Balaban J connectivity index is 1.30. The molecular formula is C23H28N2O4S. The molecule has 1 saturated heterocycles. The van der Waals surface area contributed by atoms with E-state index in [9.17, 15) is 4.79 Å². The van der Waals surface area contributed by atoms with Gasteiger partial charge in [0.15, 0.2) is 11.5 Å². The average Bonchev–Trinajstić information content (AvgIpc) is 3.09. The van der Waals surface area contributed by atoms with Gasteiger partial charge in [-0.05, 0) is 54.8 Å². The fourth-order valence-electron chi connectivity index (χ4n) is 3.52. The molecule has 2 aromatic rings. The van der Waals surface area contributed by atoms with Crippen molar-refractivity contribution in [3.8, 4) is 17.2 Å². The van der Waals surface area contributed by atoms with Crippen molar-refractivity contribution in [3.63, 3.8) is 0 Å². The van der Waals surface area contributed by atoms with E-state index < -0.39 is 0 Å². The maximum absolute atomic E-state index is 12.8. The van der Waals surface area contributed by atoms with Crippen LogP contribution in [0.4, 0.5) is 10.5 Å². The van der Waals surface area contributed by atoms with E-state index in [2.05, 4.69) is 24.4 Å². The second-order valence-corrected chi connectivity index (χ2v) is 8.72. The number of ether oxygens (including phenoxy) is 3. The molecule has 2 aliphatic heterocycles. The van der Waals surface area contributed by atoms with Crippen LogP contribution in [0.1, 0.15) is 37.0 Å². The Hall–Kier alpha value is -2.54. The van der Waals surface area contributed by atoms with Gasteiger partial charge < -0.3 is 24.4 Å². The van der Waals surface area contributed by atoms with Gasteiger partial charge in [-0.1, -0.05) is 19.4 Å². The zero-order valence-corrected chi connectivity index (χ0v) is 18.1. The molecule has 2 heterocycles. The van der Waals surface area contributed by atoms with Gasteiger partial charge in [0.25, 0.3) is 0 Å². The molecule has 2 aromatic carbocycles. The maximum Gasteiger partial charge on any atom is 0.321 e. The molecule has 2 aliphatic rings. The number of hydrogen-bond donors (Lipinski definition) is 1. The number of fused-ring (bicyclic) bond motifs is 1. The van der Waals surface area contributed by atoms with E-state index in [-0.39, 0.29) is 12.8 Å². The van der Waals surface area contributed by atoms with Gasteiger partial charge in [0.05, 0.1) is 6.61 Å². The summed E-state index contributed by atoms with van der Waals surface area (Å²) in [6.45, 7) is 4.60. The molecule has 0 bridgehead atoms. The monoisotopic (exact) mass is 428 g/mol. The summed E-state index contributed by atoms with van der Waals surface area (Å²) in [5.74, 6) is 3.35. The predicted molar refractivity (Wildman–Crippen MR) is 120 cm³/mol. The van der Waals surface area contributed by atoms with Crippen LogP contribution in [0.5, 0.6) is 17.2 Å². The molecule has 1 atom stereocenters. The topological polar surface area (TPSA) is 60.0 Å². The largest absolute Gasteiger partial charge is 0.494 e. The van der Waals surface area contributed by atoms with Gasteiger partial charge in [0.2, 0.25) is 6.79 Å². The first kappa shape index (κ1) is 20.7. The molecule has 1 unspecified atom stereocenters. The smallest absolute Gasteiger partial charge is 0.321 e. The lowest BCUT2D eigenvalue weighted by atomic mass is 10.1. The number of carbonyl (C=O) groups is 1. The number of unbranched alkanes of at least 4 members (excludes halogenated alkanes) is 1. The lowest BCUT2D eigenvalue weighted by Crippen LogP contribution is -2.36. The highest BCUT2D eigenvalue weighted by atomic mass is 32.2. The molecule has 160 valence electrons. The number of benzene rings is 2. The van der Waals surface area contributed by atoms with Crippen molar-refractivity contribution in [2.75, 3.05) is 37.6 Å². The third-order valence-electron chi connectivity index (χ3n) is 5.27. The number of thioether (sulfide) groups is 1. The molecule has 30 heavy (non-hydrogen) atoms. The Morgan fingerprint density at radius 1 is 1.17 bits per heavy atom. The summed E-state index contributed by atoms with van der Waals surface area (Å²) >= 11 is 1.89. The highest BCUT2D eigenvalue weighted by Gasteiger charge is 2.24. The molecule has 2 amide bonds. The number of anilines is 1. The second kappa shape index (κ2) is 9.98. The SMILES string of the molecule is CCCCOc1ccc(NC(=O)N2CCSC(c3ccc4c(c3)OCO4)CC2)cc1. The van der Waals surface area contributed by atoms with Crippen molar-refractivity contribution < 1.29 is 19.0 Å². The van der Waals surface area contributed by atoms with Gasteiger partial charge in [-0.25, -0.2) is 4.79 Å². The molecule has 7 heteroatoms. The summed E-state index contributed by atoms with van der Waals surface area (Å²) in [4.78, 5) is 14.6. The van der Waals surface area contributed by atoms with E-state index in [1.165, 1.54) is 5.56 Å². The predicted octanol–water partition coefficient (Wildman–Crippen LogP) is 5.31. The molecule has 0 spiro atoms. The number of amides is 2. The normalized spacial score (nSPS) is 18.0. The highest BCUT2D eigenvalue weighted by molar-refractivity contribution is 7.99. The van der Waals surface area contributed by atoms with Crippen molar-refractivity contribution >= 4 is 23.5 Å². The molecule has 1 fully saturated rings. The number of nitrogens with zero attached hydrogens (tertiary/aromatic N) is 1. The fraction of sp³-hybridized carbons (Fsp3) is 0.435. The van der Waals surface area contributed by atoms with Crippen LogP contribution in [0.25, 0.3) is 0 Å². The second-order valence-electron chi connectivity index (χ2n) is 7.40. The zero-order chi connectivity index (χ0) is 20.8. The first-order valence-corrected chi connectivity index (χ1v) is 11.6. The van der Waals surface area contributed by atoms with Crippen LogP contribution in [0, 0.1) is 0 Å². The van der Waals surface area contributed by atoms with Gasteiger partial charge in [-0.3, -0.25) is 0 Å². The molecular weight excluding hydrogens is 400 g/mol. The minimum absolute atomic E-state index is 0.0541. The van der Waals surface area contributed by atoms with Crippen LogP contribution in [0.2, 0.25) is 0 Å². The van der Waals surface area contributed by atoms with Crippen LogP contribution >= 0.6 is 11.8 Å². The first-order chi connectivity index (χ1) is 14.7. The summed E-state index contributed by atoms with van der Waals surface area (Å²) in [5.41, 5.74) is 2.01. The summed E-state index contributed by atoms with van der Waals surface area (Å²) in [7, 11) is 0. The highest BCUT2D eigenvalue weighted by Crippen LogP contribution is 2.40. The quantitative estimate of drug-likeness (QED) is 0.632. The molecule has 0 aliphatic carbocycles.